The number of amides is 1. The summed E-state index contributed by atoms with van der Waals surface area (Å²) in [6.45, 7) is 2.50. The van der Waals surface area contributed by atoms with E-state index in [0.29, 0.717) is 34.3 Å². The monoisotopic (exact) mass is 513 g/mol. The van der Waals surface area contributed by atoms with Gasteiger partial charge < -0.3 is 19.2 Å². The maximum absolute atomic E-state index is 13.2. The number of ether oxygens (including phenoxy) is 1. The number of furan rings is 1. The molecule has 1 saturated heterocycles. The van der Waals surface area contributed by atoms with Crippen molar-refractivity contribution in [2.75, 3.05) is 0 Å². The molecule has 0 bridgehead atoms. The number of likely N-dealkylation sites (tertiary alicyclic amines) is 1. The van der Waals surface area contributed by atoms with Crippen LogP contribution in [0.1, 0.15) is 34.1 Å². The number of hydrogen-bond donors (Lipinski definition) is 1. The van der Waals surface area contributed by atoms with E-state index in [1.54, 1.807) is 60.7 Å². The second-order valence-corrected chi connectivity index (χ2v) is 9.24. The van der Waals surface area contributed by atoms with Crippen molar-refractivity contribution in [2.45, 2.75) is 26.1 Å². The summed E-state index contributed by atoms with van der Waals surface area (Å²) < 4.78 is 11.3. The first-order valence-corrected chi connectivity index (χ1v) is 12.1. The molecular weight excluding hydrogens is 490 g/mol. The maximum atomic E-state index is 13.2. The van der Waals surface area contributed by atoms with Crippen LogP contribution in [0.5, 0.6) is 5.75 Å². The summed E-state index contributed by atoms with van der Waals surface area (Å²) in [5.74, 6) is -0.626. The number of nitrogens with zero attached hydrogens (tertiary/aromatic N) is 1. The lowest BCUT2D eigenvalue weighted by Crippen LogP contribution is -2.29. The van der Waals surface area contributed by atoms with Crippen molar-refractivity contribution in [3.05, 3.63) is 130 Å². The van der Waals surface area contributed by atoms with Crippen molar-refractivity contribution in [3.63, 3.8) is 0 Å². The van der Waals surface area contributed by atoms with Crippen molar-refractivity contribution >= 4 is 29.1 Å². The van der Waals surface area contributed by atoms with Crippen molar-refractivity contribution in [1.29, 1.82) is 0 Å². The number of carbonyl (C=O) groups excluding carboxylic acids is 2. The van der Waals surface area contributed by atoms with E-state index in [-0.39, 0.29) is 17.9 Å². The Hall–Kier alpha value is -4.29. The van der Waals surface area contributed by atoms with Crippen LogP contribution in [0, 0.1) is 6.92 Å². The minimum Gasteiger partial charge on any atom is -0.507 e. The second kappa shape index (κ2) is 10.4. The lowest BCUT2D eigenvalue weighted by Gasteiger charge is -2.24. The van der Waals surface area contributed by atoms with E-state index < -0.39 is 17.7 Å². The molecule has 1 N–H and O–H groups in total. The Kier molecular flexibility index (Phi) is 6.84. The zero-order valence-corrected chi connectivity index (χ0v) is 20.8. The average Bonchev–Trinajstić information content (AvgIpc) is 3.50. The zero-order chi connectivity index (χ0) is 25.9. The van der Waals surface area contributed by atoms with Crippen LogP contribution in [0.25, 0.3) is 5.76 Å². The Morgan fingerprint density at radius 3 is 2.49 bits per heavy atom. The van der Waals surface area contributed by atoms with Crippen LogP contribution in [0.3, 0.4) is 0 Å². The molecule has 0 saturated carbocycles. The Balaban J connectivity index is 1.47. The molecule has 1 amide bonds. The van der Waals surface area contributed by atoms with Gasteiger partial charge in [-0.05, 0) is 72.1 Å². The number of ketones is 1. The third kappa shape index (κ3) is 5.01. The molecule has 37 heavy (non-hydrogen) atoms. The highest BCUT2D eigenvalue weighted by molar-refractivity contribution is 6.46. The number of benzene rings is 3. The van der Waals surface area contributed by atoms with Crippen LogP contribution in [0.4, 0.5) is 0 Å². The van der Waals surface area contributed by atoms with Gasteiger partial charge >= 0.3 is 0 Å². The van der Waals surface area contributed by atoms with Crippen LogP contribution in [-0.2, 0) is 22.7 Å². The molecule has 0 aliphatic carbocycles. The molecule has 1 aliphatic rings. The van der Waals surface area contributed by atoms with E-state index in [4.69, 9.17) is 20.8 Å². The van der Waals surface area contributed by atoms with Gasteiger partial charge in [-0.25, -0.2) is 0 Å². The highest BCUT2D eigenvalue weighted by Crippen LogP contribution is 2.41. The highest BCUT2D eigenvalue weighted by Gasteiger charge is 2.46. The fraction of sp³-hybridized carbons (Fsp3) is 0.133. The van der Waals surface area contributed by atoms with Crippen LogP contribution in [0.2, 0.25) is 5.02 Å². The van der Waals surface area contributed by atoms with Crippen LogP contribution >= 0.6 is 11.6 Å². The standard InChI is InChI=1S/C30H24ClNO5/c1-19-6-2-3-7-22(19)18-37-24-13-11-20(12-14-24)28(33)26-27(21-8-4-9-23(31)16-21)32(30(35)29(26)34)17-25-10-5-15-36-25/h2-16,27,33H,17-18H2,1H3/b28-26+. The molecule has 1 unspecified atom stereocenters. The van der Waals surface area contributed by atoms with Crippen LogP contribution in [0.15, 0.2) is 101 Å². The summed E-state index contributed by atoms with van der Waals surface area (Å²) in [5, 5.41) is 11.7. The van der Waals surface area contributed by atoms with E-state index >= 15 is 0 Å². The van der Waals surface area contributed by atoms with Gasteiger partial charge in [0.15, 0.2) is 0 Å². The molecule has 1 atom stereocenters. The van der Waals surface area contributed by atoms with E-state index in [0.717, 1.165) is 11.1 Å². The van der Waals surface area contributed by atoms with E-state index in [2.05, 4.69) is 0 Å². The first-order chi connectivity index (χ1) is 17.9. The molecule has 6 nitrogen and oxygen atoms in total. The average molecular weight is 514 g/mol. The number of aliphatic hydroxyl groups is 1. The molecule has 186 valence electrons. The number of carbonyl (C=O) groups is 2. The molecule has 5 rings (SSSR count). The molecule has 1 aromatic heterocycles. The summed E-state index contributed by atoms with van der Waals surface area (Å²) in [7, 11) is 0. The van der Waals surface area contributed by atoms with Gasteiger partial charge in [0.25, 0.3) is 11.7 Å². The zero-order valence-electron chi connectivity index (χ0n) is 20.1. The third-order valence-corrected chi connectivity index (χ3v) is 6.63. The van der Waals surface area contributed by atoms with Gasteiger partial charge in [0, 0.05) is 10.6 Å². The Morgan fingerprint density at radius 1 is 1.00 bits per heavy atom. The fourth-order valence-corrected chi connectivity index (χ4v) is 4.63. The Morgan fingerprint density at radius 2 is 1.78 bits per heavy atom. The van der Waals surface area contributed by atoms with Crippen LogP contribution in [-0.4, -0.2) is 21.7 Å². The number of Topliss-reactive ketones (excluding diaryl/α,β-unsaturated/α-hetero) is 1. The lowest BCUT2D eigenvalue weighted by molar-refractivity contribution is -0.140. The minimum absolute atomic E-state index is 0.00704. The molecule has 3 aromatic carbocycles. The number of aryl methyl sites for hydroxylation is 1. The molecule has 0 spiro atoms. The fourth-order valence-electron chi connectivity index (χ4n) is 4.43. The molecule has 2 heterocycles. The largest absolute Gasteiger partial charge is 0.507 e. The molecule has 7 heteroatoms. The van der Waals surface area contributed by atoms with Gasteiger partial charge in [0.1, 0.15) is 23.9 Å². The van der Waals surface area contributed by atoms with E-state index in [1.165, 1.54) is 11.2 Å². The normalized spacial score (nSPS) is 16.8. The maximum Gasteiger partial charge on any atom is 0.296 e. The predicted molar refractivity (Wildman–Crippen MR) is 140 cm³/mol. The van der Waals surface area contributed by atoms with Gasteiger partial charge in [-0.2, -0.15) is 0 Å². The number of aliphatic hydroxyl groups excluding tert-OH is 1. The van der Waals surface area contributed by atoms with Gasteiger partial charge in [-0.3, -0.25) is 9.59 Å². The van der Waals surface area contributed by atoms with Gasteiger partial charge in [-0.15, -0.1) is 0 Å². The Bertz CT molecular complexity index is 1470. The van der Waals surface area contributed by atoms with Gasteiger partial charge in [0.05, 0.1) is 24.4 Å². The molecule has 1 fully saturated rings. The summed E-state index contributed by atoms with van der Waals surface area (Å²) in [4.78, 5) is 27.7. The minimum atomic E-state index is -0.833. The van der Waals surface area contributed by atoms with Gasteiger partial charge in [-0.1, -0.05) is 48.0 Å². The molecular formula is C30H24ClNO5. The predicted octanol–water partition coefficient (Wildman–Crippen LogP) is 6.44. The highest BCUT2D eigenvalue weighted by atomic mass is 35.5. The summed E-state index contributed by atoms with van der Waals surface area (Å²) in [5.41, 5.74) is 3.21. The first kappa shape index (κ1) is 24.4. The van der Waals surface area contributed by atoms with Crippen molar-refractivity contribution in [3.8, 4) is 5.75 Å². The second-order valence-electron chi connectivity index (χ2n) is 8.80. The van der Waals surface area contributed by atoms with E-state index in [1.807, 2.05) is 31.2 Å². The third-order valence-electron chi connectivity index (χ3n) is 6.39. The molecule has 1 aliphatic heterocycles. The summed E-state index contributed by atoms with van der Waals surface area (Å²) in [6.07, 6.45) is 1.50. The quantitative estimate of drug-likeness (QED) is 0.175. The van der Waals surface area contributed by atoms with E-state index in [9.17, 15) is 14.7 Å². The summed E-state index contributed by atoms with van der Waals surface area (Å²) in [6, 6.07) is 24.3. The van der Waals surface area contributed by atoms with Gasteiger partial charge in [0.2, 0.25) is 0 Å². The first-order valence-electron chi connectivity index (χ1n) is 11.8. The summed E-state index contributed by atoms with van der Waals surface area (Å²) >= 11 is 6.23. The van der Waals surface area contributed by atoms with Crippen molar-refractivity contribution in [2.24, 2.45) is 0 Å². The molecule has 4 aromatic rings. The number of halogens is 1. The lowest BCUT2D eigenvalue weighted by atomic mass is 9.95. The number of rotatable bonds is 7. The van der Waals surface area contributed by atoms with Crippen molar-refractivity contribution in [1.82, 2.24) is 4.90 Å². The van der Waals surface area contributed by atoms with Crippen LogP contribution < -0.4 is 4.74 Å². The SMILES string of the molecule is Cc1ccccc1COc1ccc(/C(O)=C2\C(=O)C(=O)N(Cc3ccco3)C2c2cccc(Cl)c2)cc1. The Labute approximate surface area is 219 Å². The smallest absolute Gasteiger partial charge is 0.296 e. The molecule has 0 radical (unpaired) electrons. The van der Waals surface area contributed by atoms with Crippen molar-refractivity contribution < 1.29 is 23.8 Å². The number of hydrogen-bond acceptors (Lipinski definition) is 5. The topological polar surface area (TPSA) is 80.0 Å².